The molecule has 3 rings (SSSR count). The molecule has 0 spiro atoms. The molecule has 1 fully saturated rings. The molecule has 5 heteroatoms. The van der Waals surface area contributed by atoms with Crippen molar-refractivity contribution in [3.05, 3.63) is 36.5 Å². The predicted molar refractivity (Wildman–Crippen MR) is 79.4 cm³/mol. The summed E-state index contributed by atoms with van der Waals surface area (Å²) in [4.78, 5) is 17.1. The molecule has 21 heavy (non-hydrogen) atoms. The maximum Gasteiger partial charge on any atom is 0.245 e. The Morgan fingerprint density at radius 3 is 3.10 bits per heavy atom. The van der Waals surface area contributed by atoms with Gasteiger partial charge in [-0.25, -0.2) is 10.3 Å². The number of nitrogens with zero attached hydrogens (tertiary/aromatic N) is 1. The van der Waals surface area contributed by atoms with E-state index >= 15 is 0 Å². The van der Waals surface area contributed by atoms with Crippen LogP contribution >= 0.6 is 0 Å². The SMILES string of the molecule is O=C(CCn1ccc2ccccc21)NO[C@@H]1CCCCO1. The fraction of sp³-hybridized carbons (Fsp3) is 0.438. The van der Waals surface area contributed by atoms with Crippen molar-refractivity contribution >= 4 is 16.8 Å². The molecular weight excluding hydrogens is 268 g/mol. The third-order valence-corrected chi connectivity index (χ3v) is 3.70. The van der Waals surface area contributed by atoms with Crippen molar-refractivity contribution < 1.29 is 14.4 Å². The van der Waals surface area contributed by atoms with Crippen molar-refractivity contribution in [3.63, 3.8) is 0 Å². The van der Waals surface area contributed by atoms with Gasteiger partial charge in [0.05, 0.1) is 0 Å². The van der Waals surface area contributed by atoms with E-state index in [9.17, 15) is 4.79 Å². The summed E-state index contributed by atoms with van der Waals surface area (Å²) in [6.07, 6.45) is 5.07. The van der Waals surface area contributed by atoms with E-state index in [2.05, 4.69) is 28.2 Å². The van der Waals surface area contributed by atoms with E-state index in [0.29, 0.717) is 19.6 Å². The third-order valence-electron chi connectivity index (χ3n) is 3.70. The first kappa shape index (κ1) is 14.1. The molecule has 1 aromatic heterocycles. The van der Waals surface area contributed by atoms with Gasteiger partial charge in [-0.2, -0.15) is 0 Å². The molecule has 1 aliphatic heterocycles. The number of carbonyl (C=O) groups excluding carboxylic acids is 1. The lowest BCUT2D eigenvalue weighted by molar-refractivity contribution is -0.200. The first-order valence-corrected chi connectivity index (χ1v) is 7.43. The summed E-state index contributed by atoms with van der Waals surface area (Å²) in [5.41, 5.74) is 3.63. The highest BCUT2D eigenvalue weighted by Gasteiger charge is 2.15. The van der Waals surface area contributed by atoms with E-state index < -0.39 is 0 Å². The van der Waals surface area contributed by atoms with Gasteiger partial charge in [-0.05, 0) is 30.4 Å². The fourth-order valence-corrected chi connectivity index (χ4v) is 2.54. The Hall–Kier alpha value is -1.85. The Bertz CT molecular complexity index is 602. The minimum Gasteiger partial charge on any atom is -0.350 e. The topological polar surface area (TPSA) is 52.5 Å². The number of amides is 1. The van der Waals surface area contributed by atoms with Gasteiger partial charge in [0.25, 0.3) is 0 Å². The van der Waals surface area contributed by atoms with Crippen LogP contribution in [-0.4, -0.2) is 23.4 Å². The zero-order valence-corrected chi connectivity index (χ0v) is 12.0. The maximum atomic E-state index is 11.8. The number of carbonyl (C=O) groups is 1. The summed E-state index contributed by atoms with van der Waals surface area (Å²) in [5.74, 6) is -0.123. The lowest BCUT2D eigenvalue weighted by atomic mass is 10.2. The molecule has 0 unspecified atom stereocenters. The number of ether oxygens (including phenoxy) is 1. The molecule has 1 N–H and O–H groups in total. The lowest BCUT2D eigenvalue weighted by Gasteiger charge is -2.22. The molecule has 1 aromatic carbocycles. The summed E-state index contributed by atoms with van der Waals surface area (Å²) in [7, 11) is 0. The van der Waals surface area contributed by atoms with Gasteiger partial charge in [0.15, 0.2) is 6.29 Å². The average molecular weight is 288 g/mol. The number of fused-ring (bicyclic) bond motifs is 1. The zero-order valence-electron chi connectivity index (χ0n) is 12.0. The number of benzene rings is 1. The number of hydrogen-bond acceptors (Lipinski definition) is 3. The molecule has 0 aliphatic carbocycles. The van der Waals surface area contributed by atoms with E-state index in [1.165, 1.54) is 5.39 Å². The summed E-state index contributed by atoms with van der Waals surface area (Å²) in [6, 6.07) is 10.2. The molecule has 0 bridgehead atoms. The van der Waals surface area contributed by atoms with E-state index in [4.69, 9.17) is 9.57 Å². The number of aryl methyl sites for hydroxylation is 1. The van der Waals surface area contributed by atoms with Crippen LogP contribution in [0.5, 0.6) is 0 Å². The molecule has 2 heterocycles. The van der Waals surface area contributed by atoms with Crippen LogP contribution in [0.2, 0.25) is 0 Å². The van der Waals surface area contributed by atoms with Gasteiger partial charge in [-0.1, -0.05) is 18.2 Å². The van der Waals surface area contributed by atoms with Crippen LogP contribution in [-0.2, 0) is 20.9 Å². The number of para-hydroxylation sites is 1. The summed E-state index contributed by atoms with van der Waals surface area (Å²) >= 11 is 0. The van der Waals surface area contributed by atoms with Crippen LogP contribution in [0, 0.1) is 0 Å². The smallest absolute Gasteiger partial charge is 0.245 e. The number of rotatable bonds is 5. The lowest BCUT2D eigenvalue weighted by Crippen LogP contribution is -2.33. The van der Waals surface area contributed by atoms with Crippen molar-refractivity contribution in [1.29, 1.82) is 0 Å². The summed E-state index contributed by atoms with van der Waals surface area (Å²) in [6.45, 7) is 1.34. The van der Waals surface area contributed by atoms with Crippen molar-refractivity contribution in [1.82, 2.24) is 10.0 Å². The van der Waals surface area contributed by atoms with Gasteiger partial charge in [-0.3, -0.25) is 4.79 Å². The first-order chi connectivity index (χ1) is 10.3. The van der Waals surface area contributed by atoms with E-state index in [1.807, 2.05) is 18.3 Å². The van der Waals surface area contributed by atoms with Gasteiger partial charge in [-0.15, -0.1) is 0 Å². The molecule has 5 nitrogen and oxygen atoms in total. The van der Waals surface area contributed by atoms with Crippen molar-refractivity contribution in [3.8, 4) is 0 Å². The quantitative estimate of drug-likeness (QED) is 0.860. The molecular formula is C16H20N2O3. The highest BCUT2D eigenvalue weighted by atomic mass is 16.8. The minimum atomic E-state index is -0.296. The van der Waals surface area contributed by atoms with Crippen LogP contribution < -0.4 is 5.48 Å². The zero-order chi connectivity index (χ0) is 14.5. The number of hydroxylamine groups is 1. The van der Waals surface area contributed by atoms with Crippen molar-refractivity contribution in [2.24, 2.45) is 0 Å². The van der Waals surface area contributed by atoms with Gasteiger partial charge >= 0.3 is 0 Å². The predicted octanol–water partition coefficient (Wildman–Crippen LogP) is 2.61. The van der Waals surface area contributed by atoms with E-state index in [-0.39, 0.29) is 12.2 Å². The number of nitrogens with one attached hydrogen (secondary N) is 1. The highest BCUT2D eigenvalue weighted by molar-refractivity contribution is 5.80. The van der Waals surface area contributed by atoms with E-state index in [1.54, 1.807) is 0 Å². The molecule has 112 valence electrons. The molecule has 1 aliphatic rings. The molecule has 0 radical (unpaired) electrons. The summed E-state index contributed by atoms with van der Waals surface area (Å²) in [5, 5.41) is 1.18. The van der Waals surface area contributed by atoms with Crippen LogP contribution in [0.3, 0.4) is 0 Å². The summed E-state index contributed by atoms with van der Waals surface area (Å²) < 4.78 is 7.47. The number of hydrogen-bond donors (Lipinski definition) is 1. The van der Waals surface area contributed by atoms with Crippen LogP contribution in [0.4, 0.5) is 0 Å². The fourth-order valence-electron chi connectivity index (χ4n) is 2.54. The maximum absolute atomic E-state index is 11.8. The Labute approximate surface area is 123 Å². The second-order valence-electron chi connectivity index (χ2n) is 5.26. The monoisotopic (exact) mass is 288 g/mol. The minimum absolute atomic E-state index is 0.123. The van der Waals surface area contributed by atoms with Gasteiger partial charge in [0.1, 0.15) is 0 Å². The van der Waals surface area contributed by atoms with Crippen molar-refractivity contribution in [2.45, 2.75) is 38.5 Å². The molecule has 0 saturated carbocycles. The average Bonchev–Trinajstić information content (AvgIpc) is 2.95. The second-order valence-corrected chi connectivity index (χ2v) is 5.26. The first-order valence-electron chi connectivity index (χ1n) is 7.43. The van der Waals surface area contributed by atoms with Crippen molar-refractivity contribution in [2.75, 3.05) is 6.61 Å². The largest absolute Gasteiger partial charge is 0.350 e. The van der Waals surface area contributed by atoms with Crippen LogP contribution in [0.1, 0.15) is 25.7 Å². The van der Waals surface area contributed by atoms with Gasteiger partial charge in [0, 0.05) is 37.7 Å². The molecule has 1 amide bonds. The standard InChI is InChI=1S/C16H20N2O3/c19-15(17-21-16-7-3-4-12-20-16)9-11-18-10-8-13-5-1-2-6-14(13)18/h1-2,5-6,8,10,16H,3-4,7,9,11-12H2,(H,17,19)/t16-/m1/s1. The Morgan fingerprint density at radius 1 is 1.33 bits per heavy atom. The molecule has 1 saturated heterocycles. The second kappa shape index (κ2) is 6.74. The third kappa shape index (κ3) is 3.62. The normalized spacial score (nSPS) is 18.8. The molecule has 1 atom stereocenters. The van der Waals surface area contributed by atoms with Gasteiger partial charge < -0.3 is 9.30 Å². The number of aromatic nitrogens is 1. The van der Waals surface area contributed by atoms with Gasteiger partial charge in [0.2, 0.25) is 5.91 Å². The van der Waals surface area contributed by atoms with Crippen LogP contribution in [0.25, 0.3) is 10.9 Å². The Morgan fingerprint density at radius 2 is 2.24 bits per heavy atom. The molecule has 2 aromatic rings. The highest BCUT2D eigenvalue weighted by Crippen LogP contribution is 2.15. The Balaban J connectivity index is 1.47. The Kier molecular flexibility index (Phi) is 4.52. The van der Waals surface area contributed by atoms with Crippen LogP contribution in [0.15, 0.2) is 36.5 Å². The van der Waals surface area contributed by atoms with E-state index in [0.717, 1.165) is 24.8 Å².